The number of halogens is 1. The quantitative estimate of drug-likeness (QED) is 0.629. The number of amides is 1. The Hall–Kier alpha value is -2.06. The maximum absolute atomic E-state index is 12.1. The first-order valence-electron chi connectivity index (χ1n) is 10.7. The van der Waals surface area contributed by atoms with Gasteiger partial charge in [-0.3, -0.25) is 4.79 Å². The van der Waals surface area contributed by atoms with Crippen LogP contribution in [0.25, 0.3) is 21.5 Å². The molecule has 8 heteroatoms. The van der Waals surface area contributed by atoms with Crippen molar-refractivity contribution in [2.24, 2.45) is 0 Å². The Morgan fingerprint density at radius 2 is 2.23 bits per heavy atom. The molecule has 4 heterocycles. The predicted molar refractivity (Wildman–Crippen MR) is 124 cm³/mol. The van der Waals surface area contributed by atoms with Gasteiger partial charge >= 0.3 is 0 Å². The van der Waals surface area contributed by atoms with E-state index in [-0.39, 0.29) is 12.0 Å². The highest BCUT2D eigenvalue weighted by atomic mass is 35.5. The van der Waals surface area contributed by atoms with Crippen molar-refractivity contribution in [2.45, 2.75) is 38.8 Å². The minimum atomic E-state index is 0.129. The fourth-order valence-corrected chi connectivity index (χ4v) is 5.87. The Balaban J connectivity index is 1.54. The summed E-state index contributed by atoms with van der Waals surface area (Å²) in [5.74, 6) is 0.234. The van der Waals surface area contributed by atoms with Gasteiger partial charge in [0.05, 0.1) is 35.2 Å². The zero-order chi connectivity index (χ0) is 21.4. The summed E-state index contributed by atoms with van der Waals surface area (Å²) < 4.78 is 7.01. The molecule has 0 bridgehead atoms. The van der Waals surface area contributed by atoms with Crippen molar-refractivity contribution in [3.8, 4) is 11.3 Å². The predicted octanol–water partition coefficient (Wildman–Crippen LogP) is 3.97. The number of nitrogens with one attached hydrogen (secondary N) is 1. The van der Waals surface area contributed by atoms with Gasteiger partial charge in [-0.05, 0) is 42.7 Å². The lowest BCUT2D eigenvalue weighted by Crippen LogP contribution is -2.39. The van der Waals surface area contributed by atoms with Crippen LogP contribution in [0, 0.1) is 6.92 Å². The highest BCUT2D eigenvalue weighted by Gasteiger charge is 2.23. The third-order valence-electron chi connectivity index (χ3n) is 6.01. The van der Waals surface area contributed by atoms with Crippen LogP contribution >= 0.6 is 22.9 Å². The zero-order valence-corrected chi connectivity index (χ0v) is 19.1. The van der Waals surface area contributed by atoms with Crippen LogP contribution in [0.1, 0.15) is 28.8 Å². The van der Waals surface area contributed by atoms with Crippen molar-refractivity contribution in [3.05, 3.63) is 45.6 Å². The second-order valence-electron chi connectivity index (χ2n) is 8.22. The molecule has 162 valence electrons. The fourth-order valence-electron chi connectivity index (χ4n) is 4.47. The molecule has 1 amide bonds. The lowest BCUT2D eigenvalue weighted by Gasteiger charge is -2.25. The minimum Gasteiger partial charge on any atom is -0.375 e. The van der Waals surface area contributed by atoms with Gasteiger partial charge in [0.15, 0.2) is 0 Å². The molecule has 2 aliphatic heterocycles. The molecule has 2 aliphatic rings. The van der Waals surface area contributed by atoms with Gasteiger partial charge in [-0.1, -0.05) is 11.6 Å². The number of morpholine rings is 1. The van der Waals surface area contributed by atoms with Crippen molar-refractivity contribution in [1.29, 1.82) is 0 Å². The molecule has 3 aromatic rings. The summed E-state index contributed by atoms with van der Waals surface area (Å²) in [6.07, 6.45) is 4.15. The maximum Gasteiger partial charge on any atom is 0.222 e. The lowest BCUT2D eigenvalue weighted by molar-refractivity contribution is -0.128. The molecule has 1 N–H and O–H groups in total. The smallest absolute Gasteiger partial charge is 0.222 e. The summed E-state index contributed by atoms with van der Waals surface area (Å²) in [7, 11) is 0. The van der Waals surface area contributed by atoms with Crippen LogP contribution in [0.3, 0.4) is 0 Å². The zero-order valence-electron chi connectivity index (χ0n) is 17.5. The Labute approximate surface area is 190 Å². The van der Waals surface area contributed by atoms with E-state index in [1.165, 1.54) is 5.56 Å². The number of hydrogen-bond acceptors (Lipinski definition) is 6. The number of rotatable bonds is 5. The second-order valence-corrected chi connectivity index (χ2v) is 9.79. The molecular formula is C23H25ClN4O2S. The molecule has 6 nitrogen and oxygen atoms in total. The average molecular weight is 457 g/mol. The first kappa shape index (κ1) is 20.8. The number of aryl methyl sites for hydroxylation is 1. The number of hydrogen-bond donors (Lipinski definition) is 1. The fraction of sp³-hybridized carbons (Fsp3) is 0.435. The molecule has 2 aromatic heterocycles. The van der Waals surface area contributed by atoms with Crippen molar-refractivity contribution in [2.75, 3.05) is 26.2 Å². The largest absolute Gasteiger partial charge is 0.375 e. The third kappa shape index (κ3) is 4.32. The minimum absolute atomic E-state index is 0.129. The summed E-state index contributed by atoms with van der Waals surface area (Å²) in [5, 5.41) is 4.11. The number of fused-ring (bicyclic) bond motifs is 1. The number of carbonyl (C=O) groups is 1. The van der Waals surface area contributed by atoms with E-state index in [1.54, 1.807) is 17.7 Å². The summed E-state index contributed by atoms with van der Waals surface area (Å²) >= 11 is 8.14. The molecule has 0 aliphatic carbocycles. The van der Waals surface area contributed by atoms with Gasteiger partial charge in [0.2, 0.25) is 5.91 Å². The normalized spacial score (nSPS) is 19.5. The SMILES string of the molecule is Cc1cc(Cl)cc(-c2ncnc3cc(CN4CCCC4=O)sc23)c1CC1CNCCO1. The molecule has 1 unspecified atom stereocenters. The molecule has 0 spiro atoms. The van der Waals surface area contributed by atoms with Crippen LogP contribution in [-0.2, 0) is 22.5 Å². The molecule has 2 saturated heterocycles. The van der Waals surface area contributed by atoms with E-state index < -0.39 is 0 Å². The van der Waals surface area contributed by atoms with Crippen LogP contribution in [0.2, 0.25) is 5.02 Å². The highest BCUT2D eigenvalue weighted by molar-refractivity contribution is 7.19. The van der Waals surface area contributed by atoms with E-state index in [9.17, 15) is 4.79 Å². The van der Waals surface area contributed by atoms with Gasteiger partial charge in [0, 0.05) is 47.9 Å². The number of ether oxygens (including phenoxy) is 1. The Morgan fingerprint density at radius 3 is 3.00 bits per heavy atom. The lowest BCUT2D eigenvalue weighted by atomic mass is 9.94. The number of nitrogens with zero attached hydrogens (tertiary/aromatic N) is 3. The van der Waals surface area contributed by atoms with Gasteiger partial charge in [0.1, 0.15) is 6.33 Å². The van der Waals surface area contributed by atoms with Crippen LogP contribution in [-0.4, -0.2) is 53.1 Å². The Bertz CT molecular complexity index is 1130. The van der Waals surface area contributed by atoms with Gasteiger partial charge < -0.3 is 15.0 Å². The van der Waals surface area contributed by atoms with E-state index in [4.69, 9.17) is 16.3 Å². The van der Waals surface area contributed by atoms with E-state index >= 15 is 0 Å². The van der Waals surface area contributed by atoms with E-state index in [2.05, 4.69) is 28.3 Å². The molecule has 0 radical (unpaired) electrons. The molecule has 31 heavy (non-hydrogen) atoms. The molecular weight excluding hydrogens is 432 g/mol. The van der Waals surface area contributed by atoms with Gasteiger partial charge in [-0.2, -0.15) is 0 Å². The Kier molecular flexibility index (Phi) is 5.93. The van der Waals surface area contributed by atoms with Crippen molar-refractivity contribution >= 4 is 39.1 Å². The van der Waals surface area contributed by atoms with Crippen molar-refractivity contribution in [1.82, 2.24) is 20.2 Å². The van der Waals surface area contributed by atoms with Crippen LogP contribution in [0.5, 0.6) is 0 Å². The van der Waals surface area contributed by atoms with E-state index in [0.29, 0.717) is 18.0 Å². The Morgan fingerprint density at radius 1 is 1.32 bits per heavy atom. The number of aromatic nitrogens is 2. The van der Waals surface area contributed by atoms with Gasteiger partial charge in [0.25, 0.3) is 0 Å². The second kappa shape index (κ2) is 8.82. The van der Waals surface area contributed by atoms with Crippen LogP contribution in [0.15, 0.2) is 24.5 Å². The van der Waals surface area contributed by atoms with Crippen molar-refractivity contribution < 1.29 is 9.53 Å². The number of carbonyl (C=O) groups excluding carboxylic acids is 1. The van der Waals surface area contributed by atoms with E-state index in [0.717, 1.165) is 71.0 Å². The topological polar surface area (TPSA) is 67.4 Å². The van der Waals surface area contributed by atoms with Crippen molar-refractivity contribution in [3.63, 3.8) is 0 Å². The molecule has 5 rings (SSSR count). The van der Waals surface area contributed by atoms with Gasteiger partial charge in [-0.25, -0.2) is 9.97 Å². The summed E-state index contributed by atoms with van der Waals surface area (Å²) in [6.45, 7) is 6.04. The standard InChI is InChI=1S/C23H25ClN4O2S/c1-14-7-15(24)8-19(18(14)9-16-11-25-4-6-30-16)22-23-20(26-13-27-22)10-17(31-23)12-28-5-2-3-21(28)29/h7-8,10,13,16,25H,2-6,9,11-12H2,1H3. The molecule has 1 aromatic carbocycles. The van der Waals surface area contributed by atoms with Gasteiger partial charge in [-0.15, -0.1) is 11.3 Å². The molecule has 2 fully saturated rings. The summed E-state index contributed by atoms with van der Waals surface area (Å²) in [5.41, 5.74) is 5.21. The monoisotopic (exact) mass is 456 g/mol. The average Bonchev–Trinajstić information content (AvgIpc) is 3.36. The molecule has 1 atom stereocenters. The first-order chi connectivity index (χ1) is 15.1. The number of benzene rings is 1. The summed E-state index contributed by atoms with van der Waals surface area (Å²) in [6, 6.07) is 6.10. The first-order valence-corrected chi connectivity index (χ1v) is 11.9. The number of likely N-dealkylation sites (tertiary alicyclic amines) is 1. The van der Waals surface area contributed by atoms with Crippen LogP contribution in [0.4, 0.5) is 0 Å². The third-order valence-corrected chi connectivity index (χ3v) is 7.34. The highest BCUT2D eigenvalue weighted by Crippen LogP contribution is 2.37. The summed E-state index contributed by atoms with van der Waals surface area (Å²) in [4.78, 5) is 24.3. The number of thiophene rings is 1. The molecule has 0 saturated carbocycles. The maximum atomic E-state index is 12.1. The van der Waals surface area contributed by atoms with E-state index in [1.807, 2.05) is 17.0 Å². The van der Waals surface area contributed by atoms with Crippen LogP contribution < -0.4 is 5.32 Å².